The van der Waals surface area contributed by atoms with Gasteiger partial charge in [-0.05, 0) is 55.2 Å². The number of carbonyl (C=O) groups excluding carboxylic acids is 1. The summed E-state index contributed by atoms with van der Waals surface area (Å²) < 4.78 is 3.75. The molecule has 1 amide bonds. The van der Waals surface area contributed by atoms with Crippen LogP contribution in [0.4, 0.5) is 17.5 Å². The third-order valence-corrected chi connectivity index (χ3v) is 4.24. The van der Waals surface area contributed by atoms with Crippen LogP contribution in [0.2, 0.25) is 0 Å². The zero-order chi connectivity index (χ0) is 18.4. The van der Waals surface area contributed by atoms with Crippen molar-refractivity contribution in [3.05, 3.63) is 46.6 Å². The molecule has 134 valence electrons. The molecule has 3 heterocycles. The third-order valence-electron chi connectivity index (χ3n) is 3.41. The number of aromatic nitrogens is 5. The van der Waals surface area contributed by atoms with Gasteiger partial charge < -0.3 is 16.0 Å². The lowest BCUT2D eigenvalue weighted by molar-refractivity contribution is 0.0958. The second-order valence-corrected chi connectivity index (χ2v) is 6.27. The largest absolute Gasteiger partial charge is 0.367 e. The molecule has 0 bridgehead atoms. The van der Waals surface area contributed by atoms with E-state index in [4.69, 9.17) is 0 Å². The van der Waals surface area contributed by atoms with E-state index in [1.165, 1.54) is 0 Å². The summed E-state index contributed by atoms with van der Waals surface area (Å²) in [6, 6.07) is 7.47. The maximum atomic E-state index is 11.9. The number of nitrogens with zero attached hydrogens (tertiary/aromatic N) is 5. The van der Waals surface area contributed by atoms with Crippen molar-refractivity contribution in [2.75, 3.05) is 23.7 Å². The van der Waals surface area contributed by atoms with E-state index in [1.807, 2.05) is 31.2 Å². The maximum Gasteiger partial charge on any atom is 0.265 e. The second-order valence-electron chi connectivity index (χ2n) is 5.52. The summed E-state index contributed by atoms with van der Waals surface area (Å²) >= 11 is 1.09. The average Bonchev–Trinajstić information content (AvgIpc) is 3.06. The Morgan fingerprint density at radius 3 is 2.54 bits per heavy atom. The maximum absolute atomic E-state index is 11.9. The highest BCUT2D eigenvalue weighted by atomic mass is 32.1. The van der Waals surface area contributed by atoms with E-state index in [-0.39, 0.29) is 5.91 Å². The first-order valence-corrected chi connectivity index (χ1v) is 8.73. The molecule has 0 aromatic carbocycles. The number of pyridine rings is 1. The Kier molecular flexibility index (Phi) is 5.64. The summed E-state index contributed by atoms with van der Waals surface area (Å²) in [4.78, 5) is 16.7. The monoisotopic (exact) mass is 370 g/mol. The summed E-state index contributed by atoms with van der Waals surface area (Å²) in [5, 5.41) is 21.0. The first-order valence-electron chi connectivity index (χ1n) is 7.96. The highest BCUT2D eigenvalue weighted by Gasteiger charge is 2.11. The molecule has 26 heavy (non-hydrogen) atoms. The zero-order valence-corrected chi connectivity index (χ0v) is 15.2. The van der Waals surface area contributed by atoms with Gasteiger partial charge in [-0.3, -0.25) is 4.79 Å². The normalized spacial score (nSPS) is 10.4. The Hall–Kier alpha value is -3.14. The predicted octanol–water partition coefficient (Wildman–Crippen LogP) is 1.93. The molecule has 0 aliphatic heterocycles. The Bertz CT molecular complexity index is 880. The van der Waals surface area contributed by atoms with Gasteiger partial charge in [0, 0.05) is 19.3 Å². The van der Waals surface area contributed by atoms with E-state index >= 15 is 0 Å². The van der Waals surface area contributed by atoms with E-state index in [1.54, 1.807) is 13.1 Å². The van der Waals surface area contributed by atoms with Crippen LogP contribution in [0.15, 0.2) is 30.5 Å². The van der Waals surface area contributed by atoms with E-state index in [9.17, 15) is 4.79 Å². The van der Waals surface area contributed by atoms with Crippen molar-refractivity contribution in [1.82, 2.24) is 30.1 Å². The molecule has 0 unspecified atom stereocenters. The van der Waals surface area contributed by atoms with Gasteiger partial charge in [-0.2, -0.15) is 0 Å². The van der Waals surface area contributed by atoms with Crippen molar-refractivity contribution in [1.29, 1.82) is 0 Å². The molecule has 3 aromatic heterocycles. The fourth-order valence-electron chi connectivity index (χ4n) is 2.12. The van der Waals surface area contributed by atoms with Gasteiger partial charge in [0.2, 0.25) is 0 Å². The van der Waals surface area contributed by atoms with E-state index in [2.05, 4.69) is 40.7 Å². The number of carbonyl (C=O) groups is 1. The minimum absolute atomic E-state index is 0.171. The van der Waals surface area contributed by atoms with Crippen LogP contribution in [0.25, 0.3) is 0 Å². The lowest BCUT2D eigenvalue weighted by Gasteiger charge is -2.08. The van der Waals surface area contributed by atoms with Crippen molar-refractivity contribution in [2.24, 2.45) is 0 Å². The molecule has 0 aliphatic carbocycles. The molecule has 0 fully saturated rings. The van der Waals surface area contributed by atoms with Gasteiger partial charge in [0.25, 0.3) is 5.91 Å². The summed E-state index contributed by atoms with van der Waals surface area (Å²) in [6.45, 7) is 4.73. The summed E-state index contributed by atoms with van der Waals surface area (Å²) in [5.74, 6) is 1.78. The van der Waals surface area contributed by atoms with Gasteiger partial charge in [0.05, 0.1) is 5.69 Å². The minimum Gasteiger partial charge on any atom is -0.367 e. The topological polar surface area (TPSA) is 118 Å². The van der Waals surface area contributed by atoms with Crippen molar-refractivity contribution in [3.63, 3.8) is 0 Å². The van der Waals surface area contributed by atoms with Crippen LogP contribution >= 0.6 is 11.5 Å². The van der Waals surface area contributed by atoms with Gasteiger partial charge in [0.15, 0.2) is 5.82 Å². The van der Waals surface area contributed by atoms with Crippen LogP contribution in [0.3, 0.4) is 0 Å². The van der Waals surface area contributed by atoms with Crippen LogP contribution < -0.4 is 16.0 Å². The molecule has 9 nitrogen and oxygen atoms in total. The first kappa shape index (κ1) is 17.7. The summed E-state index contributed by atoms with van der Waals surface area (Å²) in [5.41, 5.74) is 1.75. The van der Waals surface area contributed by atoms with Crippen molar-refractivity contribution in [2.45, 2.75) is 13.8 Å². The highest BCUT2D eigenvalue weighted by molar-refractivity contribution is 7.07. The molecule has 0 atom stereocenters. The number of hydrogen-bond acceptors (Lipinski definition) is 9. The number of amides is 1. The van der Waals surface area contributed by atoms with Gasteiger partial charge in [-0.1, -0.05) is 4.49 Å². The number of rotatable bonds is 7. The summed E-state index contributed by atoms with van der Waals surface area (Å²) in [7, 11) is 0. The molecule has 3 aromatic rings. The minimum atomic E-state index is -0.171. The smallest absolute Gasteiger partial charge is 0.265 e. The number of hydrogen-bond donors (Lipinski definition) is 3. The molecule has 0 radical (unpaired) electrons. The quantitative estimate of drug-likeness (QED) is 0.540. The van der Waals surface area contributed by atoms with Crippen LogP contribution in [-0.2, 0) is 0 Å². The van der Waals surface area contributed by atoms with E-state index in [0.29, 0.717) is 35.3 Å². The standard InChI is InChI=1S/C16H18N8OS/c1-10-5-6-17-14(9-10)20-13-4-3-12(22-23-13)18-7-8-19-16(25)15-11(2)21-24-26-15/h3-6,9H,7-8H2,1-2H3,(H,18,22)(H,19,25)(H,17,20,23). The molecule has 0 saturated heterocycles. The van der Waals surface area contributed by atoms with Crippen molar-refractivity contribution < 1.29 is 4.79 Å². The molecule has 3 rings (SSSR count). The lowest BCUT2D eigenvalue weighted by Crippen LogP contribution is -2.28. The first-order chi connectivity index (χ1) is 12.6. The number of nitrogens with one attached hydrogen (secondary N) is 3. The summed E-state index contributed by atoms with van der Waals surface area (Å²) in [6.07, 6.45) is 1.74. The fraction of sp³-hybridized carbons (Fsp3) is 0.250. The van der Waals surface area contributed by atoms with E-state index in [0.717, 1.165) is 22.9 Å². The average molecular weight is 370 g/mol. The van der Waals surface area contributed by atoms with Gasteiger partial charge >= 0.3 is 0 Å². The van der Waals surface area contributed by atoms with Gasteiger partial charge in [-0.15, -0.1) is 15.3 Å². The Balaban J connectivity index is 1.44. The third kappa shape index (κ3) is 4.70. The fourth-order valence-corrected chi connectivity index (χ4v) is 2.69. The van der Waals surface area contributed by atoms with Crippen molar-refractivity contribution in [3.8, 4) is 0 Å². The second kappa shape index (κ2) is 8.30. The lowest BCUT2D eigenvalue weighted by atomic mass is 10.3. The number of anilines is 3. The predicted molar refractivity (Wildman–Crippen MR) is 99.8 cm³/mol. The van der Waals surface area contributed by atoms with E-state index < -0.39 is 0 Å². The Morgan fingerprint density at radius 2 is 1.85 bits per heavy atom. The molecule has 10 heteroatoms. The van der Waals surface area contributed by atoms with Crippen LogP contribution in [0, 0.1) is 13.8 Å². The SMILES string of the molecule is Cc1ccnc(Nc2ccc(NCCNC(=O)c3snnc3C)nn2)c1. The highest BCUT2D eigenvalue weighted by Crippen LogP contribution is 2.13. The molecular formula is C16H18N8OS. The molecule has 0 saturated carbocycles. The molecular weight excluding hydrogens is 352 g/mol. The zero-order valence-electron chi connectivity index (χ0n) is 14.4. The van der Waals surface area contributed by atoms with Crippen LogP contribution in [0.5, 0.6) is 0 Å². The Labute approximate surface area is 154 Å². The van der Waals surface area contributed by atoms with Crippen LogP contribution in [-0.4, -0.2) is 43.8 Å². The van der Waals surface area contributed by atoms with Crippen molar-refractivity contribution >= 4 is 34.9 Å². The van der Waals surface area contributed by atoms with Gasteiger partial charge in [0.1, 0.15) is 16.5 Å². The number of aryl methyl sites for hydroxylation is 2. The molecule has 3 N–H and O–H groups in total. The van der Waals surface area contributed by atoms with Gasteiger partial charge in [-0.25, -0.2) is 4.98 Å². The molecule has 0 spiro atoms. The molecule has 0 aliphatic rings. The Morgan fingerprint density at radius 1 is 1.04 bits per heavy atom. The van der Waals surface area contributed by atoms with Crippen LogP contribution in [0.1, 0.15) is 20.9 Å².